The maximum atomic E-state index is 13.2. The van der Waals surface area contributed by atoms with E-state index in [4.69, 9.17) is 29.8 Å². The number of Topliss-reactive ketones (excluding diaryl/α,β-unsaturated/α-hetero) is 1. The number of likely N-dealkylation sites (tertiary alicyclic amines) is 1. The average Bonchev–Trinajstić information content (AvgIpc) is 3.88. The number of aliphatic carboxylic acids is 2. The number of ketones is 1. The zero-order chi connectivity index (χ0) is 57.9. The molecule has 0 aliphatic carbocycles. The number of nitrogens with two attached hydrogens (primary N) is 1. The molecule has 8 amide bonds. The Morgan fingerprint density at radius 2 is 1.00 bits per heavy atom. The van der Waals surface area contributed by atoms with Crippen molar-refractivity contribution in [3.05, 3.63) is 0 Å². The Balaban J connectivity index is 2.07. The third-order valence-electron chi connectivity index (χ3n) is 12.6. The number of carboxylic acid groups (broad SMARTS) is 2. The van der Waals surface area contributed by atoms with Crippen molar-refractivity contribution in [2.24, 2.45) is 11.7 Å². The van der Waals surface area contributed by atoms with Crippen molar-refractivity contribution in [3.8, 4) is 0 Å². The fourth-order valence-electron chi connectivity index (χ4n) is 8.28. The first-order valence-corrected chi connectivity index (χ1v) is 27.9. The first-order chi connectivity index (χ1) is 37.3. The lowest BCUT2D eigenvalue weighted by molar-refractivity contribution is -0.142. The van der Waals surface area contributed by atoms with Crippen LogP contribution >= 0.6 is 0 Å². The molecule has 1 heterocycles. The SMILES string of the molecule is CC(C)C(=O)[C@@H]1CCCN1C(=O)[C@H](C)NC(=O)[C@H](CCC(N)=O)NC(=O)CNC(=O)COCCOCCNC(=O)COCCOCCNC(=O)CC[C@H](NC(=O)CCCCCCCCCCCCCCCCC(=O)O)C(=O)O. The highest BCUT2D eigenvalue weighted by atomic mass is 16.5. The number of amides is 8. The Bertz CT molecular complexity index is 1840. The van der Waals surface area contributed by atoms with Crippen molar-refractivity contribution in [1.82, 2.24) is 36.8 Å². The lowest BCUT2D eigenvalue weighted by Gasteiger charge is -2.29. The molecule has 446 valence electrons. The number of hydrogen-bond donors (Lipinski definition) is 9. The third-order valence-corrected chi connectivity index (χ3v) is 12.6. The van der Waals surface area contributed by atoms with E-state index in [1.807, 2.05) is 0 Å². The fraction of sp³-hybridized carbons (Fsp3) is 0.792. The molecule has 25 heteroatoms. The van der Waals surface area contributed by atoms with E-state index in [0.29, 0.717) is 25.8 Å². The predicted molar refractivity (Wildman–Crippen MR) is 285 cm³/mol. The number of unbranched alkanes of at least 4 members (excludes halogenated alkanes) is 13. The third kappa shape index (κ3) is 36.3. The molecule has 1 fully saturated rings. The quantitative estimate of drug-likeness (QED) is 0.0390. The van der Waals surface area contributed by atoms with Crippen molar-refractivity contribution >= 4 is 65.0 Å². The summed E-state index contributed by atoms with van der Waals surface area (Å²) < 4.78 is 21.3. The second-order valence-corrected chi connectivity index (χ2v) is 19.7. The standard InChI is InChI=1S/C53H92N8O17/c1-38(2)50(70)42-19-18-28-61(42)52(72)39(3)58-51(71)40(22-24-43(54)62)59-46(65)35-57-48(67)37-78-34-32-76-30-27-56-47(66)36-77-33-31-75-29-26-55-44(63)25-23-41(53(73)74)60-45(64)20-16-14-12-10-8-6-4-5-7-9-11-13-15-17-21-49(68)69/h38-42H,4-37H2,1-3H3,(H2,54,62)(H,55,63)(H,56,66)(H,57,67)(H,58,71)(H,59,65)(H,60,64)(H,68,69)(H,73,74)/t39-,40-,41-,42-/m0/s1. The first kappa shape index (κ1) is 70.2. The van der Waals surface area contributed by atoms with Crippen LogP contribution in [0.2, 0.25) is 0 Å². The van der Waals surface area contributed by atoms with E-state index >= 15 is 0 Å². The van der Waals surface area contributed by atoms with Crippen LogP contribution in [0.15, 0.2) is 0 Å². The van der Waals surface area contributed by atoms with E-state index in [1.165, 1.54) is 43.9 Å². The van der Waals surface area contributed by atoms with Gasteiger partial charge in [0, 0.05) is 51.2 Å². The van der Waals surface area contributed by atoms with E-state index < -0.39 is 84.7 Å². The van der Waals surface area contributed by atoms with Crippen LogP contribution in [0.3, 0.4) is 0 Å². The lowest BCUT2D eigenvalue weighted by Crippen LogP contribution is -2.55. The van der Waals surface area contributed by atoms with Gasteiger partial charge in [-0.05, 0) is 45.4 Å². The zero-order valence-corrected chi connectivity index (χ0v) is 46.5. The summed E-state index contributed by atoms with van der Waals surface area (Å²) in [5, 5.41) is 33.3. The van der Waals surface area contributed by atoms with Gasteiger partial charge in [0.15, 0.2) is 5.78 Å². The number of ether oxygens (including phenoxy) is 4. The van der Waals surface area contributed by atoms with E-state index in [0.717, 1.165) is 51.4 Å². The Morgan fingerprint density at radius 3 is 1.51 bits per heavy atom. The summed E-state index contributed by atoms with van der Waals surface area (Å²) in [6.45, 7) is 5.20. The van der Waals surface area contributed by atoms with Gasteiger partial charge in [0.1, 0.15) is 31.3 Å². The van der Waals surface area contributed by atoms with Gasteiger partial charge in [-0.25, -0.2) is 4.79 Å². The maximum Gasteiger partial charge on any atom is 0.326 e. The van der Waals surface area contributed by atoms with Crippen LogP contribution < -0.4 is 37.6 Å². The van der Waals surface area contributed by atoms with Crippen LogP contribution in [0.25, 0.3) is 0 Å². The van der Waals surface area contributed by atoms with E-state index in [2.05, 4.69) is 31.9 Å². The molecular weight excluding hydrogens is 1020 g/mol. The van der Waals surface area contributed by atoms with Crippen molar-refractivity contribution in [2.45, 2.75) is 186 Å². The number of nitrogens with one attached hydrogen (secondary N) is 6. The topological polar surface area (TPSA) is 367 Å². The number of primary amides is 1. The van der Waals surface area contributed by atoms with Crippen LogP contribution in [-0.2, 0) is 71.7 Å². The summed E-state index contributed by atoms with van der Waals surface area (Å²) in [5.74, 6) is -6.68. The van der Waals surface area contributed by atoms with Gasteiger partial charge in [-0.15, -0.1) is 0 Å². The first-order valence-electron chi connectivity index (χ1n) is 27.9. The molecular formula is C53H92N8O17. The zero-order valence-electron chi connectivity index (χ0n) is 46.5. The summed E-state index contributed by atoms with van der Waals surface area (Å²) in [5.41, 5.74) is 5.25. The molecule has 1 aliphatic heterocycles. The summed E-state index contributed by atoms with van der Waals surface area (Å²) in [7, 11) is 0. The van der Waals surface area contributed by atoms with Crippen LogP contribution in [0.5, 0.6) is 0 Å². The van der Waals surface area contributed by atoms with Gasteiger partial charge < -0.3 is 71.7 Å². The molecule has 0 aromatic rings. The van der Waals surface area contributed by atoms with Crippen LogP contribution in [0.4, 0.5) is 0 Å². The summed E-state index contributed by atoms with van der Waals surface area (Å²) in [6, 6.07) is -4.02. The Kier molecular flexibility index (Phi) is 39.7. The normalized spacial score (nSPS) is 14.2. The number of carbonyl (C=O) groups is 11. The number of carbonyl (C=O) groups excluding carboxylic acids is 9. The minimum absolute atomic E-state index is 0.0223. The molecule has 1 aliphatic rings. The number of carboxylic acids is 2. The van der Waals surface area contributed by atoms with E-state index in [1.54, 1.807) is 13.8 Å². The highest BCUT2D eigenvalue weighted by Gasteiger charge is 2.37. The molecule has 25 nitrogen and oxygen atoms in total. The van der Waals surface area contributed by atoms with Crippen molar-refractivity contribution in [3.63, 3.8) is 0 Å². The van der Waals surface area contributed by atoms with E-state index in [-0.39, 0.29) is 121 Å². The molecule has 0 bridgehead atoms. The highest BCUT2D eigenvalue weighted by molar-refractivity contribution is 5.96. The molecule has 0 saturated carbocycles. The molecule has 0 aromatic carbocycles. The molecule has 78 heavy (non-hydrogen) atoms. The molecule has 10 N–H and O–H groups in total. The Labute approximate surface area is 459 Å². The van der Waals surface area contributed by atoms with Crippen molar-refractivity contribution in [2.75, 3.05) is 79.0 Å². The predicted octanol–water partition coefficient (Wildman–Crippen LogP) is 1.55. The summed E-state index contributed by atoms with van der Waals surface area (Å²) >= 11 is 0. The molecule has 4 atom stereocenters. The van der Waals surface area contributed by atoms with Gasteiger partial charge in [0.25, 0.3) is 0 Å². The smallest absolute Gasteiger partial charge is 0.326 e. The largest absolute Gasteiger partial charge is 0.481 e. The van der Waals surface area contributed by atoms with Gasteiger partial charge in [-0.1, -0.05) is 90.9 Å². The van der Waals surface area contributed by atoms with Crippen molar-refractivity contribution in [1.29, 1.82) is 0 Å². The molecule has 0 radical (unpaired) electrons. The number of rotatable bonds is 49. The molecule has 0 unspecified atom stereocenters. The van der Waals surface area contributed by atoms with Crippen LogP contribution in [-0.4, -0.2) is 183 Å². The number of nitrogens with zero attached hydrogens (tertiary/aromatic N) is 1. The molecule has 1 rings (SSSR count). The lowest BCUT2D eigenvalue weighted by atomic mass is 9.99. The van der Waals surface area contributed by atoms with Crippen molar-refractivity contribution < 1.29 is 81.9 Å². The Hall–Kier alpha value is -5.79. The van der Waals surface area contributed by atoms with Crippen LogP contribution in [0.1, 0.15) is 162 Å². The minimum Gasteiger partial charge on any atom is -0.481 e. The maximum absolute atomic E-state index is 13.2. The second kappa shape index (κ2) is 44.1. The molecule has 0 spiro atoms. The van der Waals surface area contributed by atoms with E-state index in [9.17, 15) is 57.8 Å². The van der Waals surface area contributed by atoms with Gasteiger partial charge >= 0.3 is 11.9 Å². The summed E-state index contributed by atoms with van der Waals surface area (Å²) in [4.78, 5) is 136. The molecule has 1 saturated heterocycles. The number of hydrogen-bond acceptors (Lipinski definition) is 15. The average molecular weight is 1110 g/mol. The Morgan fingerprint density at radius 1 is 0.526 bits per heavy atom. The fourth-order valence-corrected chi connectivity index (χ4v) is 8.28. The monoisotopic (exact) mass is 1110 g/mol. The van der Waals surface area contributed by atoms with Gasteiger partial charge in [0.2, 0.25) is 47.3 Å². The van der Waals surface area contributed by atoms with Gasteiger partial charge in [-0.2, -0.15) is 0 Å². The molecule has 0 aromatic heterocycles. The van der Waals surface area contributed by atoms with Gasteiger partial charge in [-0.3, -0.25) is 47.9 Å². The second-order valence-electron chi connectivity index (χ2n) is 19.7. The summed E-state index contributed by atoms with van der Waals surface area (Å²) in [6.07, 6.45) is 15.9. The van der Waals surface area contributed by atoms with Crippen LogP contribution in [0, 0.1) is 5.92 Å². The minimum atomic E-state index is -1.25. The van der Waals surface area contributed by atoms with Gasteiger partial charge in [0.05, 0.1) is 52.2 Å². The highest BCUT2D eigenvalue weighted by Crippen LogP contribution is 2.22.